The van der Waals surface area contributed by atoms with Crippen molar-refractivity contribution in [2.24, 2.45) is 0 Å². The van der Waals surface area contributed by atoms with E-state index in [1.165, 1.54) is 16.8 Å². The van der Waals surface area contributed by atoms with E-state index in [1.54, 1.807) is 11.3 Å². The Morgan fingerprint density at radius 1 is 1.57 bits per heavy atom. The molecule has 0 aliphatic carbocycles. The summed E-state index contributed by atoms with van der Waals surface area (Å²) in [7, 11) is 1.92. The molecule has 1 unspecified atom stereocenters. The summed E-state index contributed by atoms with van der Waals surface area (Å²) in [5.74, 6) is 0.856. The second kappa shape index (κ2) is 3.89. The highest BCUT2D eigenvalue weighted by molar-refractivity contribution is 7.10. The molecule has 4 nitrogen and oxygen atoms in total. The number of rotatable bonds is 3. The lowest BCUT2D eigenvalue weighted by molar-refractivity contribution is 0.649. The van der Waals surface area contributed by atoms with Crippen molar-refractivity contribution >= 4 is 11.3 Å². The molecule has 2 heterocycles. The van der Waals surface area contributed by atoms with E-state index in [-0.39, 0.29) is 6.04 Å². The minimum absolute atomic E-state index is 0.115. The number of nitrogens with zero attached hydrogens (tertiary/aromatic N) is 2. The molecule has 1 atom stereocenters. The number of aromatic nitrogens is 3. The Balaban J connectivity index is 2.36. The molecule has 0 saturated carbocycles. The van der Waals surface area contributed by atoms with Gasteiger partial charge in [-0.05, 0) is 31.0 Å². The third kappa shape index (κ3) is 1.56. The molecule has 14 heavy (non-hydrogen) atoms. The Hall–Kier alpha value is -1.20. The third-order valence-electron chi connectivity index (χ3n) is 2.21. The number of aryl methyl sites for hydroxylation is 1. The zero-order valence-corrected chi connectivity index (χ0v) is 8.93. The maximum Gasteiger partial charge on any atom is 0.146 e. The zero-order chi connectivity index (χ0) is 9.97. The molecule has 74 valence electrons. The van der Waals surface area contributed by atoms with Crippen molar-refractivity contribution in [2.75, 3.05) is 7.05 Å². The predicted molar refractivity (Wildman–Crippen MR) is 56.3 cm³/mol. The summed E-state index contributed by atoms with van der Waals surface area (Å²) in [5, 5.41) is 12.1. The molecule has 2 aromatic heterocycles. The molecule has 0 aromatic carbocycles. The molecule has 0 spiro atoms. The van der Waals surface area contributed by atoms with Gasteiger partial charge in [-0.15, -0.1) is 11.3 Å². The summed E-state index contributed by atoms with van der Waals surface area (Å²) in [5.41, 5.74) is 1.26. The number of hydrogen-bond acceptors (Lipinski definition) is 4. The lowest BCUT2D eigenvalue weighted by atomic mass is 10.1. The molecule has 0 bridgehead atoms. The Labute approximate surface area is 86.4 Å². The highest BCUT2D eigenvalue weighted by Gasteiger charge is 2.17. The van der Waals surface area contributed by atoms with Crippen LogP contribution < -0.4 is 5.32 Å². The van der Waals surface area contributed by atoms with E-state index in [9.17, 15) is 0 Å². The molecule has 2 N–H and O–H groups in total. The standard InChI is InChI=1S/C9H12N4S/c1-6-7(3-4-14-6)8(10-2)9-11-5-12-13-9/h3-5,8,10H,1-2H3,(H,11,12,13). The molecule has 2 aromatic rings. The zero-order valence-electron chi connectivity index (χ0n) is 8.11. The van der Waals surface area contributed by atoms with Gasteiger partial charge in [0.25, 0.3) is 0 Å². The van der Waals surface area contributed by atoms with E-state index in [0.717, 1.165) is 5.82 Å². The van der Waals surface area contributed by atoms with Gasteiger partial charge in [-0.1, -0.05) is 0 Å². The number of nitrogens with one attached hydrogen (secondary N) is 2. The second-order valence-electron chi connectivity index (χ2n) is 3.02. The SMILES string of the molecule is CNC(c1ncn[nH]1)c1ccsc1C. The minimum atomic E-state index is 0.115. The van der Waals surface area contributed by atoms with Crippen LogP contribution in [0.25, 0.3) is 0 Å². The smallest absolute Gasteiger partial charge is 0.146 e. The van der Waals surface area contributed by atoms with Crippen LogP contribution in [-0.4, -0.2) is 22.2 Å². The Bertz CT molecular complexity index is 393. The van der Waals surface area contributed by atoms with Gasteiger partial charge >= 0.3 is 0 Å². The van der Waals surface area contributed by atoms with Gasteiger partial charge in [0, 0.05) is 4.88 Å². The number of thiophene rings is 1. The Morgan fingerprint density at radius 2 is 2.43 bits per heavy atom. The molecule has 5 heteroatoms. The second-order valence-corrected chi connectivity index (χ2v) is 4.14. The Morgan fingerprint density at radius 3 is 2.93 bits per heavy atom. The molecule has 0 radical (unpaired) electrons. The fourth-order valence-corrected chi connectivity index (χ4v) is 2.23. The summed E-state index contributed by atoms with van der Waals surface area (Å²) < 4.78 is 0. The van der Waals surface area contributed by atoms with Gasteiger partial charge < -0.3 is 5.32 Å². The molecule has 0 aliphatic rings. The third-order valence-corrected chi connectivity index (χ3v) is 3.07. The molecular formula is C9H12N4S. The first kappa shape index (κ1) is 9.36. The van der Waals surface area contributed by atoms with Crippen LogP contribution in [0.1, 0.15) is 22.3 Å². The van der Waals surface area contributed by atoms with Crippen LogP contribution in [0.5, 0.6) is 0 Å². The first-order valence-corrected chi connectivity index (χ1v) is 5.27. The van der Waals surface area contributed by atoms with E-state index in [1.807, 2.05) is 7.05 Å². The van der Waals surface area contributed by atoms with Crippen LogP contribution in [0, 0.1) is 6.92 Å². The van der Waals surface area contributed by atoms with Crippen molar-refractivity contribution in [1.29, 1.82) is 0 Å². The highest BCUT2D eigenvalue weighted by atomic mass is 32.1. The molecule has 0 saturated heterocycles. The quantitative estimate of drug-likeness (QED) is 0.803. The fourth-order valence-electron chi connectivity index (χ4n) is 1.49. The van der Waals surface area contributed by atoms with Crippen LogP contribution in [0.2, 0.25) is 0 Å². The lowest BCUT2D eigenvalue weighted by Crippen LogP contribution is -2.19. The topological polar surface area (TPSA) is 53.6 Å². The first-order valence-electron chi connectivity index (χ1n) is 4.39. The van der Waals surface area contributed by atoms with Crippen molar-refractivity contribution in [3.05, 3.63) is 34.0 Å². The summed E-state index contributed by atoms with van der Waals surface area (Å²) in [6.07, 6.45) is 1.53. The van der Waals surface area contributed by atoms with Crippen LogP contribution in [0.15, 0.2) is 17.8 Å². The average Bonchev–Trinajstić information content (AvgIpc) is 2.80. The number of hydrogen-bond donors (Lipinski definition) is 2. The molecule has 0 fully saturated rings. The first-order chi connectivity index (χ1) is 6.83. The van der Waals surface area contributed by atoms with E-state index in [0.29, 0.717) is 0 Å². The van der Waals surface area contributed by atoms with Crippen molar-refractivity contribution in [2.45, 2.75) is 13.0 Å². The van der Waals surface area contributed by atoms with Crippen LogP contribution in [0.3, 0.4) is 0 Å². The van der Waals surface area contributed by atoms with Crippen LogP contribution in [-0.2, 0) is 0 Å². The summed E-state index contributed by atoms with van der Waals surface area (Å²) in [6.45, 7) is 2.11. The predicted octanol–water partition coefficient (Wildman–Crippen LogP) is 1.48. The molecular weight excluding hydrogens is 196 g/mol. The summed E-state index contributed by atoms with van der Waals surface area (Å²) >= 11 is 1.74. The monoisotopic (exact) mass is 208 g/mol. The normalized spacial score (nSPS) is 13.0. The van der Waals surface area contributed by atoms with E-state index >= 15 is 0 Å². The number of aromatic amines is 1. The molecule has 2 rings (SSSR count). The largest absolute Gasteiger partial charge is 0.307 e. The van der Waals surface area contributed by atoms with E-state index in [4.69, 9.17) is 0 Å². The highest BCUT2D eigenvalue weighted by Crippen LogP contribution is 2.25. The van der Waals surface area contributed by atoms with Crippen LogP contribution >= 0.6 is 11.3 Å². The molecule has 0 aliphatic heterocycles. The minimum Gasteiger partial charge on any atom is -0.307 e. The lowest BCUT2D eigenvalue weighted by Gasteiger charge is -2.12. The van der Waals surface area contributed by atoms with Gasteiger partial charge in [-0.2, -0.15) is 5.10 Å². The maximum absolute atomic E-state index is 4.16. The van der Waals surface area contributed by atoms with Gasteiger partial charge in [0.05, 0.1) is 6.04 Å². The van der Waals surface area contributed by atoms with Gasteiger partial charge in [-0.25, -0.2) is 4.98 Å². The molecule has 0 amide bonds. The van der Waals surface area contributed by atoms with Gasteiger partial charge in [-0.3, -0.25) is 5.10 Å². The average molecular weight is 208 g/mol. The summed E-state index contributed by atoms with van der Waals surface area (Å²) in [6, 6.07) is 2.23. The van der Waals surface area contributed by atoms with Gasteiger partial charge in [0.15, 0.2) is 0 Å². The fraction of sp³-hybridized carbons (Fsp3) is 0.333. The van der Waals surface area contributed by atoms with Crippen molar-refractivity contribution in [3.8, 4) is 0 Å². The van der Waals surface area contributed by atoms with E-state index < -0.39 is 0 Å². The number of H-pyrrole nitrogens is 1. The Kier molecular flexibility index (Phi) is 2.60. The van der Waals surface area contributed by atoms with Crippen molar-refractivity contribution < 1.29 is 0 Å². The van der Waals surface area contributed by atoms with Crippen molar-refractivity contribution in [1.82, 2.24) is 20.5 Å². The van der Waals surface area contributed by atoms with E-state index in [2.05, 4.69) is 38.9 Å². The van der Waals surface area contributed by atoms with Crippen LogP contribution in [0.4, 0.5) is 0 Å². The maximum atomic E-state index is 4.16. The summed E-state index contributed by atoms with van der Waals surface area (Å²) in [4.78, 5) is 5.47. The van der Waals surface area contributed by atoms with Crippen molar-refractivity contribution in [3.63, 3.8) is 0 Å². The van der Waals surface area contributed by atoms with Gasteiger partial charge in [0.2, 0.25) is 0 Å². The van der Waals surface area contributed by atoms with Gasteiger partial charge in [0.1, 0.15) is 12.2 Å².